The molecule has 1 aromatic rings. The highest BCUT2D eigenvalue weighted by atomic mass is 32.2. The van der Waals surface area contributed by atoms with E-state index in [0.29, 0.717) is 0 Å². The Labute approximate surface area is 111 Å². The van der Waals surface area contributed by atoms with Crippen LogP contribution in [0.1, 0.15) is 6.92 Å². The molecule has 4 nitrogen and oxygen atoms in total. The van der Waals surface area contributed by atoms with E-state index in [1.165, 1.54) is 0 Å². The van der Waals surface area contributed by atoms with Crippen molar-refractivity contribution >= 4 is 10.1 Å². The van der Waals surface area contributed by atoms with Gasteiger partial charge in [-0.05, 0) is 6.92 Å². The van der Waals surface area contributed by atoms with E-state index in [2.05, 4.69) is 4.18 Å². The molecule has 0 unspecified atom stereocenters. The Morgan fingerprint density at radius 3 is 1.75 bits per heavy atom. The summed E-state index contributed by atoms with van der Waals surface area (Å²) < 4.78 is 96.7. The fraction of sp³-hybridized carbons (Fsp3) is 0.400. The average molecular weight is 320 g/mol. The smallest absolute Gasteiger partial charge is 0.303 e. The molecule has 0 radical (unpaired) electrons. The summed E-state index contributed by atoms with van der Waals surface area (Å²) in [5.41, 5.74) is 0. The maximum Gasteiger partial charge on any atom is 0.303 e. The summed E-state index contributed by atoms with van der Waals surface area (Å²) in [7, 11) is -5.14. The van der Waals surface area contributed by atoms with Crippen molar-refractivity contribution in [1.82, 2.24) is 0 Å². The second kappa shape index (κ2) is 6.46. The standard InChI is InChI=1S/C10H9F5O4S/c1-2-18-3-4-19-20(16,17)10-8(14)6(12)5(11)7(13)9(10)15/h2-4H2,1H3. The van der Waals surface area contributed by atoms with Crippen LogP contribution in [-0.4, -0.2) is 28.2 Å². The molecule has 0 fully saturated rings. The van der Waals surface area contributed by atoms with Gasteiger partial charge in [-0.15, -0.1) is 0 Å². The highest BCUT2D eigenvalue weighted by Crippen LogP contribution is 2.27. The minimum absolute atomic E-state index is 0.228. The van der Waals surface area contributed by atoms with E-state index < -0.39 is 50.7 Å². The predicted octanol–water partition coefficient (Wildman–Crippen LogP) is 2.12. The number of ether oxygens (including phenoxy) is 1. The zero-order valence-corrected chi connectivity index (χ0v) is 10.9. The predicted molar refractivity (Wildman–Crippen MR) is 55.9 cm³/mol. The summed E-state index contributed by atoms with van der Waals surface area (Å²) in [5.74, 6) is -12.1. The van der Waals surface area contributed by atoms with Crippen LogP contribution in [0.3, 0.4) is 0 Å². The molecule has 0 bridgehead atoms. The lowest BCUT2D eigenvalue weighted by molar-refractivity contribution is 0.112. The van der Waals surface area contributed by atoms with Gasteiger partial charge in [-0.25, -0.2) is 22.0 Å². The van der Waals surface area contributed by atoms with Crippen LogP contribution in [0.5, 0.6) is 0 Å². The molecule has 0 heterocycles. The van der Waals surface area contributed by atoms with Crippen LogP contribution in [0.4, 0.5) is 22.0 Å². The number of benzene rings is 1. The maximum atomic E-state index is 13.3. The normalized spacial score (nSPS) is 11.9. The molecule has 0 saturated carbocycles. The van der Waals surface area contributed by atoms with E-state index in [9.17, 15) is 30.4 Å². The number of hydrogen-bond donors (Lipinski definition) is 0. The zero-order valence-electron chi connectivity index (χ0n) is 10.1. The first-order valence-electron chi connectivity index (χ1n) is 5.22. The van der Waals surface area contributed by atoms with Crippen LogP contribution in [0, 0.1) is 29.1 Å². The number of hydrogen-bond acceptors (Lipinski definition) is 4. The summed E-state index contributed by atoms with van der Waals surface area (Å²) in [4.78, 5) is -2.02. The molecule has 20 heavy (non-hydrogen) atoms. The summed E-state index contributed by atoms with van der Waals surface area (Å²) in [5, 5.41) is 0. The van der Waals surface area contributed by atoms with E-state index in [4.69, 9.17) is 4.74 Å². The first-order chi connectivity index (χ1) is 9.24. The SMILES string of the molecule is CCOCCOS(=O)(=O)c1c(F)c(F)c(F)c(F)c1F. The third kappa shape index (κ3) is 3.25. The number of halogens is 5. The van der Waals surface area contributed by atoms with Crippen LogP contribution in [0.15, 0.2) is 4.90 Å². The minimum atomic E-state index is -5.14. The quantitative estimate of drug-likeness (QED) is 0.265. The first-order valence-corrected chi connectivity index (χ1v) is 6.63. The van der Waals surface area contributed by atoms with Crippen molar-refractivity contribution in [2.45, 2.75) is 11.8 Å². The summed E-state index contributed by atoms with van der Waals surface area (Å²) in [6.45, 7) is 0.964. The molecular formula is C10H9F5O4S. The lowest BCUT2D eigenvalue weighted by Crippen LogP contribution is -2.17. The van der Waals surface area contributed by atoms with Gasteiger partial charge >= 0.3 is 10.1 Å². The van der Waals surface area contributed by atoms with Crippen molar-refractivity contribution in [2.75, 3.05) is 19.8 Å². The molecular weight excluding hydrogens is 311 g/mol. The van der Waals surface area contributed by atoms with E-state index in [-0.39, 0.29) is 13.2 Å². The van der Waals surface area contributed by atoms with Gasteiger partial charge in [0.05, 0.1) is 13.2 Å². The third-order valence-corrected chi connectivity index (χ3v) is 3.43. The second-order valence-electron chi connectivity index (χ2n) is 3.37. The van der Waals surface area contributed by atoms with Gasteiger partial charge in [0.25, 0.3) is 0 Å². The Kier molecular flexibility index (Phi) is 5.42. The fourth-order valence-corrected chi connectivity index (χ4v) is 2.23. The van der Waals surface area contributed by atoms with Crippen molar-refractivity contribution in [3.8, 4) is 0 Å². The lowest BCUT2D eigenvalue weighted by Gasteiger charge is -2.09. The van der Waals surface area contributed by atoms with Crippen LogP contribution in [0.25, 0.3) is 0 Å². The molecule has 0 aliphatic carbocycles. The van der Waals surface area contributed by atoms with E-state index in [0.717, 1.165) is 0 Å². The Morgan fingerprint density at radius 1 is 0.850 bits per heavy atom. The van der Waals surface area contributed by atoms with Crippen molar-refractivity contribution in [1.29, 1.82) is 0 Å². The van der Waals surface area contributed by atoms with Gasteiger partial charge < -0.3 is 4.74 Å². The van der Waals surface area contributed by atoms with Gasteiger partial charge in [-0.1, -0.05) is 0 Å². The monoisotopic (exact) mass is 320 g/mol. The van der Waals surface area contributed by atoms with Gasteiger partial charge in [0.2, 0.25) is 5.82 Å². The van der Waals surface area contributed by atoms with Crippen molar-refractivity contribution in [2.24, 2.45) is 0 Å². The fourth-order valence-electron chi connectivity index (χ4n) is 1.21. The molecule has 0 N–H and O–H groups in total. The van der Waals surface area contributed by atoms with E-state index >= 15 is 0 Å². The zero-order chi connectivity index (χ0) is 15.5. The molecule has 0 aromatic heterocycles. The lowest BCUT2D eigenvalue weighted by atomic mass is 10.3. The first kappa shape index (κ1) is 16.8. The Hall–Kier alpha value is -1.26. The molecule has 0 atom stereocenters. The topological polar surface area (TPSA) is 52.6 Å². The van der Waals surface area contributed by atoms with Gasteiger partial charge in [0.1, 0.15) is 0 Å². The third-order valence-electron chi connectivity index (χ3n) is 2.09. The molecule has 0 aliphatic heterocycles. The molecule has 0 saturated heterocycles. The van der Waals surface area contributed by atoms with Gasteiger partial charge in [0, 0.05) is 6.61 Å². The van der Waals surface area contributed by atoms with Gasteiger partial charge in [0.15, 0.2) is 28.2 Å². The van der Waals surface area contributed by atoms with Crippen molar-refractivity contribution in [3.63, 3.8) is 0 Å². The largest absolute Gasteiger partial charge is 0.379 e. The Morgan fingerprint density at radius 2 is 1.30 bits per heavy atom. The Balaban J connectivity index is 3.19. The summed E-state index contributed by atoms with van der Waals surface area (Å²) in [6.07, 6.45) is 0. The van der Waals surface area contributed by atoms with Gasteiger partial charge in [-0.2, -0.15) is 8.42 Å². The molecule has 1 aromatic carbocycles. The highest BCUT2D eigenvalue weighted by molar-refractivity contribution is 7.86. The van der Waals surface area contributed by atoms with Crippen LogP contribution >= 0.6 is 0 Å². The van der Waals surface area contributed by atoms with E-state index in [1.807, 2.05) is 0 Å². The summed E-state index contributed by atoms with van der Waals surface area (Å²) in [6, 6.07) is 0. The Bertz CT molecular complexity index is 573. The molecule has 114 valence electrons. The molecule has 10 heteroatoms. The van der Waals surface area contributed by atoms with Crippen molar-refractivity contribution in [3.05, 3.63) is 29.1 Å². The molecule has 0 aliphatic rings. The van der Waals surface area contributed by atoms with Crippen LogP contribution < -0.4 is 0 Å². The van der Waals surface area contributed by atoms with Crippen molar-refractivity contribution < 1.29 is 39.3 Å². The maximum absolute atomic E-state index is 13.3. The number of rotatable bonds is 6. The average Bonchev–Trinajstić information content (AvgIpc) is 2.39. The van der Waals surface area contributed by atoms with Crippen LogP contribution in [-0.2, 0) is 19.0 Å². The van der Waals surface area contributed by atoms with Crippen LogP contribution in [0.2, 0.25) is 0 Å². The molecule has 1 rings (SSSR count). The van der Waals surface area contributed by atoms with E-state index in [1.54, 1.807) is 6.92 Å². The molecule has 0 spiro atoms. The highest BCUT2D eigenvalue weighted by Gasteiger charge is 2.34. The summed E-state index contributed by atoms with van der Waals surface area (Å²) >= 11 is 0. The second-order valence-corrected chi connectivity index (χ2v) is 4.92. The minimum Gasteiger partial charge on any atom is -0.379 e. The van der Waals surface area contributed by atoms with Gasteiger partial charge in [-0.3, -0.25) is 4.18 Å². The molecule has 0 amide bonds.